The number of benzene rings is 2. The molecule has 0 atom stereocenters. The molecule has 0 aliphatic carbocycles. The Labute approximate surface area is 173 Å². The van der Waals surface area contributed by atoms with Gasteiger partial charge in [-0.15, -0.1) is 0 Å². The molecule has 0 radical (unpaired) electrons. The van der Waals surface area contributed by atoms with Crippen LogP contribution in [0.3, 0.4) is 0 Å². The SMILES string of the molecule is CCN(C(=O)CCCc1ccccc1)c1ccc2c(c1)N(CC1=CCC=N1)CC2. The molecule has 2 aliphatic rings. The fraction of sp³-hybridized carbons (Fsp3) is 0.360. The van der Waals surface area contributed by atoms with Gasteiger partial charge in [0.1, 0.15) is 0 Å². The van der Waals surface area contributed by atoms with Crippen molar-refractivity contribution in [1.29, 1.82) is 0 Å². The van der Waals surface area contributed by atoms with Crippen molar-refractivity contribution >= 4 is 23.5 Å². The molecule has 0 saturated carbocycles. The zero-order valence-corrected chi connectivity index (χ0v) is 17.2. The predicted octanol–water partition coefficient (Wildman–Crippen LogP) is 4.78. The summed E-state index contributed by atoms with van der Waals surface area (Å²) in [5.41, 5.74) is 6.06. The van der Waals surface area contributed by atoms with E-state index < -0.39 is 0 Å². The zero-order valence-electron chi connectivity index (χ0n) is 17.2. The minimum Gasteiger partial charge on any atom is -0.365 e. The monoisotopic (exact) mass is 387 g/mol. The Kier molecular flexibility index (Phi) is 6.09. The van der Waals surface area contributed by atoms with Gasteiger partial charge in [0.25, 0.3) is 0 Å². The molecule has 4 heteroatoms. The van der Waals surface area contributed by atoms with Gasteiger partial charge in [0.05, 0.1) is 12.2 Å². The number of anilines is 2. The smallest absolute Gasteiger partial charge is 0.226 e. The molecule has 2 aromatic rings. The van der Waals surface area contributed by atoms with E-state index in [4.69, 9.17) is 0 Å². The van der Waals surface area contributed by atoms with Gasteiger partial charge >= 0.3 is 0 Å². The largest absolute Gasteiger partial charge is 0.365 e. The summed E-state index contributed by atoms with van der Waals surface area (Å²) in [5.74, 6) is 0.205. The van der Waals surface area contributed by atoms with Crippen molar-refractivity contribution < 1.29 is 4.79 Å². The summed E-state index contributed by atoms with van der Waals surface area (Å²) in [4.78, 5) is 21.7. The van der Waals surface area contributed by atoms with E-state index >= 15 is 0 Å². The highest BCUT2D eigenvalue weighted by Gasteiger charge is 2.23. The number of carbonyl (C=O) groups is 1. The Morgan fingerprint density at radius 1 is 1.17 bits per heavy atom. The molecule has 0 aromatic heterocycles. The number of carbonyl (C=O) groups excluding carboxylic acids is 1. The van der Waals surface area contributed by atoms with Crippen molar-refractivity contribution in [2.75, 3.05) is 29.4 Å². The van der Waals surface area contributed by atoms with Crippen LogP contribution in [0.15, 0.2) is 65.3 Å². The second-order valence-electron chi connectivity index (χ2n) is 7.70. The van der Waals surface area contributed by atoms with E-state index in [1.807, 2.05) is 17.2 Å². The van der Waals surface area contributed by atoms with E-state index in [1.54, 1.807) is 0 Å². The van der Waals surface area contributed by atoms with E-state index in [-0.39, 0.29) is 5.91 Å². The first-order valence-corrected chi connectivity index (χ1v) is 10.7. The van der Waals surface area contributed by atoms with Crippen LogP contribution in [0.1, 0.15) is 37.3 Å². The second-order valence-corrected chi connectivity index (χ2v) is 7.70. The molecule has 29 heavy (non-hydrogen) atoms. The molecular weight excluding hydrogens is 358 g/mol. The number of allylic oxidation sites excluding steroid dienone is 1. The molecule has 4 rings (SSSR count). The standard InChI is InChI=1S/C25H29N3O/c1-2-28(25(29)12-6-10-20-8-4-3-5-9-20)23-14-13-21-15-17-27(24(21)18-23)19-22-11-7-16-26-22/h3-5,8-9,11,13-14,16,18H,2,6-7,10,12,15,17,19H2,1H3. The minimum atomic E-state index is 0.205. The third-order valence-corrected chi connectivity index (χ3v) is 5.76. The predicted molar refractivity (Wildman–Crippen MR) is 121 cm³/mol. The normalized spacial score (nSPS) is 14.8. The van der Waals surface area contributed by atoms with E-state index in [9.17, 15) is 4.79 Å². The van der Waals surface area contributed by atoms with Crippen LogP contribution in [-0.4, -0.2) is 31.8 Å². The highest BCUT2D eigenvalue weighted by atomic mass is 16.2. The van der Waals surface area contributed by atoms with Crippen LogP contribution in [0.25, 0.3) is 0 Å². The molecule has 0 saturated heterocycles. The van der Waals surface area contributed by atoms with Gasteiger partial charge in [-0.2, -0.15) is 0 Å². The lowest BCUT2D eigenvalue weighted by Crippen LogP contribution is -2.30. The summed E-state index contributed by atoms with van der Waals surface area (Å²) >= 11 is 0. The first-order valence-electron chi connectivity index (χ1n) is 10.7. The highest BCUT2D eigenvalue weighted by molar-refractivity contribution is 5.94. The Bertz CT molecular complexity index is 917. The highest BCUT2D eigenvalue weighted by Crippen LogP contribution is 2.33. The van der Waals surface area contributed by atoms with Crippen LogP contribution in [-0.2, 0) is 17.6 Å². The van der Waals surface area contributed by atoms with Crippen LogP contribution in [0.2, 0.25) is 0 Å². The molecule has 0 N–H and O–H groups in total. The summed E-state index contributed by atoms with van der Waals surface area (Å²) in [6.45, 7) is 4.61. The molecule has 0 fully saturated rings. The van der Waals surface area contributed by atoms with Crippen molar-refractivity contribution in [3.05, 3.63) is 71.4 Å². The van der Waals surface area contributed by atoms with Crippen molar-refractivity contribution in [1.82, 2.24) is 0 Å². The first kappa shape index (κ1) is 19.4. The van der Waals surface area contributed by atoms with Crippen LogP contribution in [0.5, 0.6) is 0 Å². The van der Waals surface area contributed by atoms with Crippen LogP contribution >= 0.6 is 0 Å². The van der Waals surface area contributed by atoms with Gasteiger partial charge in [-0.1, -0.05) is 42.5 Å². The Hall–Kier alpha value is -2.88. The lowest BCUT2D eigenvalue weighted by molar-refractivity contribution is -0.118. The van der Waals surface area contributed by atoms with Crippen LogP contribution < -0.4 is 9.80 Å². The molecule has 4 nitrogen and oxygen atoms in total. The lowest BCUT2D eigenvalue weighted by atomic mass is 10.1. The summed E-state index contributed by atoms with van der Waals surface area (Å²) in [6, 6.07) is 16.9. The number of rotatable bonds is 8. The number of aliphatic imine (C=N–C) groups is 1. The fourth-order valence-electron chi connectivity index (χ4n) is 4.20. The summed E-state index contributed by atoms with van der Waals surface area (Å²) < 4.78 is 0. The lowest BCUT2D eigenvalue weighted by Gasteiger charge is -2.24. The quantitative estimate of drug-likeness (QED) is 0.653. The van der Waals surface area contributed by atoms with Gasteiger partial charge in [-0.25, -0.2) is 0 Å². The Morgan fingerprint density at radius 2 is 2.03 bits per heavy atom. The van der Waals surface area contributed by atoms with Gasteiger partial charge in [-0.3, -0.25) is 9.79 Å². The molecule has 150 valence electrons. The van der Waals surface area contributed by atoms with Crippen molar-refractivity contribution in [2.24, 2.45) is 4.99 Å². The average Bonchev–Trinajstić information content (AvgIpc) is 3.40. The minimum absolute atomic E-state index is 0.205. The van der Waals surface area contributed by atoms with Crippen molar-refractivity contribution in [3.63, 3.8) is 0 Å². The third kappa shape index (κ3) is 4.58. The molecular formula is C25H29N3O. The number of fused-ring (bicyclic) bond motifs is 1. The fourth-order valence-corrected chi connectivity index (χ4v) is 4.20. The Morgan fingerprint density at radius 3 is 2.79 bits per heavy atom. The number of hydrogen-bond donors (Lipinski definition) is 0. The molecule has 1 amide bonds. The van der Waals surface area contributed by atoms with E-state index in [0.717, 1.165) is 50.2 Å². The number of hydrogen-bond acceptors (Lipinski definition) is 3. The number of amides is 1. The molecule has 2 aliphatic heterocycles. The molecule has 0 bridgehead atoms. The maximum atomic E-state index is 12.9. The maximum Gasteiger partial charge on any atom is 0.226 e. The zero-order chi connectivity index (χ0) is 20.1. The number of nitrogens with zero attached hydrogens (tertiary/aromatic N) is 3. The van der Waals surface area contributed by atoms with E-state index in [1.165, 1.54) is 16.8 Å². The molecule has 0 unspecified atom stereocenters. The van der Waals surface area contributed by atoms with E-state index in [2.05, 4.69) is 65.4 Å². The van der Waals surface area contributed by atoms with Gasteiger partial charge < -0.3 is 9.80 Å². The van der Waals surface area contributed by atoms with Gasteiger partial charge in [0, 0.05) is 43.5 Å². The van der Waals surface area contributed by atoms with Crippen molar-refractivity contribution in [3.8, 4) is 0 Å². The van der Waals surface area contributed by atoms with E-state index in [0.29, 0.717) is 13.0 Å². The molecule has 0 spiro atoms. The summed E-state index contributed by atoms with van der Waals surface area (Å²) in [5, 5.41) is 0. The van der Waals surface area contributed by atoms with Gasteiger partial charge in [0.15, 0.2) is 0 Å². The Balaban J connectivity index is 1.42. The summed E-state index contributed by atoms with van der Waals surface area (Å²) in [6.07, 6.45) is 8.55. The third-order valence-electron chi connectivity index (χ3n) is 5.76. The van der Waals surface area contributed by atoms with Crippen LogP contribution in [0.4, 0.5) is 11.4 Å². The summed E-state index contributed by atoms with van der Waals surface area (Å²) in [7, 11) is 0. The number of aryl methyl sites for hydroxylation is 1. The first-order chi connectivity index (χ1) is 14.2. The van der Waals surface area contributed by atoms with Crippen molar-refractivity contribution in [2.45, 2.75) is 39.0 Å². The maximum absolute atomic E-state index is 12.9. The molecule has 2 heterocycles. The molecule has 2 aromatic carbocycles. The second kappa shape index (κ2) is 9.08. The van der Waals surface area contributed by atoms with Crippen LogP contribution in [0, 0.1) is 0 Å². The van der Waals surface area contributed by atoms with Gasteiger partial charge in [-0.05, 0) is 49.4 Å². The van der Waals surface area contributed by atoms with Gasteiger partial charge in [0.2, 0.25) is 5.91 Å². The average molecular weight is 388 g/mol. The topological polar surface area (TPSA) is 35.9 Å².